The Morgan fingerprint density at radius 3 is 2.88 bits per heavy atom. The summed E-state index contributed by atoms with van der Waals surface area (Å²) in [6.45, 7) is 0. The number of thioether (sulfide) groups is 1. The van der Waals surface area contributed by atoms with Crippen LogP contribution >= 0.6 is 39.9 Å². The average molecular weight is 316 g/mol. The molecule has 2 N–H and O–H groups in total. The average Bonchev–Trinajstić information content (AvgIpc) is 2.51. The quantitative estimate of drug-likeness (QED) is 0.618. The number of halogens is 1. The molecule has 82 valence electrons. The van der Waals surface area contributed by atoms with Gasteiger partial charge in [-0.1, -0.05) is 39.9 Å². The molecule has 0 radical (unpaired) electrons. The highest BCUT2D eigenvalue weighted by Crippen LogP contribution is 2.30. The summed E-state index contributed by atoms with van der Waals surface area (Å²) in [5.74, 6) is -0.101. The number of amides is 1. The van der Waals surface area contributed by atoms with Crippen LogP contribution in [0.4, 0.5) is 0 Å². The van der Waals surface area contributed by atoms with Crippen LogP contribution in [0.25, 0.3) is 6.08 Å². The van der Waals surface area contributed by atoms with Crippen LogP contribution in [-0.2, 0) is 4.79 Å². The van der Waals surface area contributed by atoms with Crippen LogP contribution in [0.5, 0.6) is 5.75 Å². The molecule has 0 aromatic heterocycles. The van der Waals surface area contributed by atoms with E-state index in [4.69, 9.17) is 12.2 Å². The Hall–Kier alpha value is -0.850. The zero-order valence-corrected chi connectivity index (χ0v) is 11.1. The van der Waals surface area contributed by atoms with Crippen molar-refractivity contribution in [3.05, 3.63) is 33.1 Å². The second kappa shape index (κ2) is 4.57. The van der Waals surface area contributed by atoms with Crippen LogP contribution in [-0.4, -0.2) is 15.3 Å². The minimum Gasteiger partial charge on any atom is -0.507 e. The lowest BCUT2D eigenvalue weighted by molar-refractivity contribution is -0.115. The Morgan fingerprint density at radius 1 is 1.50 bits per heavy atom. The molecular weight excluding hydrogens is 310 g/mol. The normalized spacial score (nSPS) is 17.9. The van der Waals surface area contributed by atoms with E-state index in [9.17, 15) is 9.90 Å². The van der Waals surface area contributed by atoms with Crippen molar-refractivity contribution in [1.82, 2.24) is 5.32 Å². The number of benzene rings is 1. The number of hydrogen-bond acceptors (Lipinski definition) is 4. The maximum atomic E-state index is 11.4. The first kappa shape index (κ1) is 11.6. The summed E-state index contributed by atoms with van der Waals surface area (Å²) in [6.07, 6.45) is 1.61. The summed E-state index contributed by atoms with van der Waals surface area (Å²) in [4.78, 5) is 11.9. The highest BCUT2D eigenvalue weighted by atomic mass is 79.9. The van der Waals surface area contributed by atoms with Crippen LogP contribution < -0.4 is 5.32 Å². The molecule has 2 rings (SSSR count). The summed E-state index contributed by atoms with van der Waals surface area (Å²) < 4.78 is 1.27. The van der Waals surface area contributed by atoms with Crippen LogP contribution in [0.3, 0.4) is 0 Å². The third-order valence-corrected chi connectivity index (χ3v) is 3.57. The Bertz CT molecular complexity index is 514. The molecule has 1 saturated heterocycles. The largest absolute Gasteiger partial charge is 0.507 e. The molecule has 0 bridgehead atoms. The van der Waals surface area contributed by atoms with E-state index in [1.54, 1.807) is 24.3 Å². The maximum Gasteiger partial charge on any atom is 0.263 e. The van der Waals surface area contributed by atoms with Crippen molar-refractivity contribution in [1.29, 1.82) is 0 Å². The first-order valence-electron chi connectivity index (χ1n) is 4.29. The van der Waals surface area contributed by atoms with E-state index >= 15 is 0 Å². The molecule has 3 nitrogen and oxygen atoms in total. The highest BCUT2D eigenvalue weighted by molar-refractivity contribution is 9.10. The fraction of sp³-hybridized carbons (Fsp3) is 0. The van der Waals surface area contributed by atoms with Crippen molar-refractivity contribution in [2.75, 3.05) is 0 Å². The highest BCUT2D eigenvalue weighted by Gasteiger charge is 2.22. The predicted octanol–water partition coefficient (Wildman–Crippen LogP) is 2.64. The molecule has 1 fully saturated rings. The molecule has 6 heteroatoms. The zero-order valence-electron chi connectivity index (χ0n) is 7.86. The maximum absolute atomic E-state index is 11.4. The van der Waals surface area contributed by atoms with Gasteiger partial charge in [0.1, 0.15) is 10.1 Å². The lowest BCUT2D eigenvalue weighted by atomic mass is 10.2. The number of carbonyl (C=O) groups is 1. The summed E-state index contributed by atoms with van der Waals surface area (Å²) in [6, 6.07) is 5.02. The summed E-state index contributed by atoms with van der Waals surface area (Å²) >= 11 is 9.35. The van der Waals surface area contributed by atoms with Gasteiger partial charge in [0.25, 0.3) is 5.91 Å². The minimum atomic E-state index is -0.227. The molecule has 1 aromatic rings. The van der Waals surface area contributed by atoms with E-state index < -0.39 is 0 Å². The van der Waals surface area contributed by atoms with Crippen LogP contribution in [0.1, 0.15) is 5.56 Å². The number of nitrogens with one attached hydrogen (secondary N) is 1. The summed E-state index contributed by atoms with van der Waals surface area (Å²) in [5.41, 5.74) is 0.580. The van der Waals surface area contributed by atoms with Crippen LogP contribution in [0.2, 0.25) is 0 Å². The first-order valence-corrected chi connectivity index (χ1v) is 6.31. The number of rotatable bonds is 1. The number of phenolic OH excluding ortho intramolecular Hbond substituents is 1. The summed E-state index contributed by atoms with van der Waals surface area (Å²) in [7, 11) is 0. The topological polar surface area (TPSA) is 49.3 Å². The van der Waals surface area contributed by atoms with Gasteiger partial charge < -0.3 is 10.4 Å². The monoisotopic (exact) mass is 315 g/mol. The molecule has 0 atom stereocenters. The van der Waals surface area contributed by atoms with Gasteiger partial charge in [0.15, 0.2) is 0 Å². The molecule has 0 saturated carbocycles. The summed E-state index contributed by atoms with van der Waals surface area (Å²) in [5, 5.41) is 12.1. The van der Waals surface area contributed by atoms with Gasteiger partial charge in [-0.05, 0) is 24.3 Å². The van der Waals surface area contributed by atoms with E-state index in [0.29, 0.717) is 14.8 Å². The second-order valence-electron chi connectivity index (χ2n) is 3.06. The Labute approximate surface area is 110 Å². The molecule has 1 aliphatic heterocycles. The van der Waals surface area contributed by atoms with E-state index in [2.05, 4.69) is 21.2 Å². The van der Waals surface area contributed by atoms with E-state index in [-0.39, 0.29) is 11.7 Å². The van der Waals surface area contributed by atoms with Crippen molar-refractivity contribution in [3.8, 4) is 5.75 Å². The second-order valence-corrected chi connectivity index (χ2v) is 5.69. The number of aromatic hydroxyl groups is 1. The lowest BCUT2D eigenvalue weighted by Gasteiger charge is -2.00. The van der Waals surface area contributed by atoms with Crippen molar-refractivity contribution < 1.29 is 9.90 Å². The smallest absolute Gasteiger partial charge is 0.263 e. The number of carbonyl (C=O) groups excluding carboxylic acids is 1. The molecule has 0 spiro atoms. The van der Waals surface area contributed by atoms with Crippen LogP contribution in [0, 0.1) is 0 Å². The van der Waals surface area contributed by atoms with Crippen molar-refractivity contribution >= 4 is 56.2 Å². The Morgan fingerprint density at radius 2 is 2.25 bits per heavy atom. The fourth-order valence-electron chi connectivity index (χ4n) is 1.20. The van der Waals surface area contributed by atoms with Gasteiger partial charge in [-0.3, -0.25) is 4.79 Å². The van der Waals surface area contributed by atoms with E-state index in [1.165, 1.54) is 11.8 Å². The van der Waals surface area contributed by atoms with Gasteiger partial charge in [0, 0.05) is 10.0 Å². The molecule has 1 aromatic carbocycles. The zero-order chi connectivity index (χ0) is 11.7. The van der Waals surface area contributed by atoms with E-state index in [0.717, 1.165) is 4.47 Å². The van der Waals surface area contributed by atoms with E-state index in [1.807, 2.05) is 0 Å². The van der Waals surface area contributed by atoms with Gasteiger partial charge in [-0.15, -0.1) is 0 Å². The third kappa shape index (κ3) is 2.45. The van der Waals surface area contributed by atoms with Crippen molar-refractivity contribution in [2.45, 2.75) is 0 Å². The molecule has 1 aliphatic rings. The van der Waals surface area contributed by atoms with Crippen molar-refractivity contribution in [3.63, 3.8) is 0 Å². The minimum absolute atomic E-state index is 0.127. The molecule has 1 heterocycles. The fourth-order valence-corrected chi connectivity index (χ4v) is 2.62. The number of hydrogen-bond donors (Lipinski definition) is 2. The van der Waals surface area contributed by atoms with Gasteiger partial charge in [-0.2, -0.15) is 0 Å². The first-order chi connectivity index (χ1) is 7.56. The van der Waals surface area contributed by atoms with Gasteiger partial charge in [-0.25, -0.2) is 0 Å². The standard InChI is InChI=1S/C10H6BrNO2S2/c11-6-1-2-7(13)5(3-6)4-8-9(14)12-10(15)16-8/h1-4,13H,(H,12,14,15)/b8-4+. The van der Waals surface area contributed by atoms with Gasteiger partial charge in [0.05, 0.1) is 4.91 Å². The molecule has 0 aliphatic carbocycles. The molecule has 1 amide bonds. The SMILES string of the molecule is O=C1NC(=S)S/C1=C/c1cc(Br)ccc1O. The Kier molecular flexibility index (Phi) is 3.32. The van der Waals surface area contributed by atoms with Gasteiger partial charge in [0.2, 0.25) is 0 Å². The molecular formula is C10H6BrNO2S2. The van der Waals surface area contributed by atoms with Gasteiger partial charge >= 0.3 is 0 Å². The number of thiocarbonyl (C=S) groups is 1. The predicted molar refractivity (Wildman–Crippen MR) is 72.1 cm³/mol. The Balaban J connectivity index is 2.39. The number of phenols is 1. The third-order valence-electron chi connectivity index (χ3n) is 1.92. The molecule has 0 unspecified atom stereocenters. The lowest BCUT2D eigenvalue weighted by Crippen LogP contribution is -2.17. The molecule has 16 heavy (non-hydrogen) atoms. The van der Waals surface area contributed by atoms with Crippen molar-refractivity contribution in [2.24, 2.45) is 0 Å². The van der Waals surface area contributed by atoms with Crippen LogP contribution in [0.15, 0.2) is 27.6 Å².